The molecule has 0 heterocycles. The zero-order valence-electron chi connectivity index (χ0n) is 17.7. The smallest absolute Gasteiger partial charge is 0.331 e. The van der Waals surface area contributed by atoms with Crippen molar-refractivity contribution in [2.75, 3.05) is 17.2 Å². The summed E-state index contributed by atoms with van der Waals surface area (Å²) in [5.41, 5.74) is 2.87. The van der Waals surface area contributed by atoms with E-state index in [1.54, 1.807) is 36.4 Å². The lowest BCUT2D eigenvalue weighted by atomic mass is 10.0. The van der Waals surface area contributed by atoms with Crippen LogP contribution in [0.2, 0.25) is 0 Å². The molecule has 0 saturated heterocycles. The molecule has 5 nitrogen and oxygen atoms in total. The highest BCUT2D eigenvalue weighted by molar-refractivity contribution is 7.99. The summed E-state index contributed by atoms with van der Waals surface area (Å²) in [6.45, 7) is 1.96. The van der Waals surface area contributed by atoms with Gasteiger partial charge in [-0.25, -0.2) is 13.4 Å². The average Bonchev–Trinajstić information content (AvgIpc) is 2.82. The van der Waals surface area contributed by atoms with Crippen LogP contribution in [-0.4, -0.2) is 33.6 Å². The molecule has 0 aromatic heterocycles. The van der Waals surface area contributed by atoms with Gasteiger partial charge in [-0.05, 0) is 46.7 Å². The molecular weight excluding hydrogens is 449 g/mol. The minimum Gasteiger partial charge on any atom is -0.467 e. The van der Waals surface area contributed by atoms with E-state index in [0.29, 0.717) is 11.4 Å². The second kappa shape index (κ2) is 11.3. The Kier molecular flexibility index (Phi) is 8.44. The second-order valence-corrected chi connectivity index (χ2v) is 9.14. The standard InChI is InChI=1S/C24H24FNO4S2/c1-3-31-23(19-7-5-4-6-8-19)22(24(27)30-2)26(32(28)29)21-15-11-18(12-16-21)17-9-13-20(25)14-10-17/h4-16,22-23H,3H2,1-2H3,(H,28,29). The van der Waals surface area contributed by atoms with Gasteiger partial charge < -0.3 is 4.74 Å². The summed E-state index contributed by atoms with van der Waals surface area (Å²) < 4.78 is 42.1. The lowest BCUT2D eigenvalue weighted by molar-refractivity contribution is -0.142. The largest absolute Gasteiger partial charge is 0.467 e. The summed E-state index contributed by atoms with van der Waals surface area (Å²) in [7, 11) is 1.27. The number of methoxy groups -OCH3 is 1. The summed E-state index contributed by atoms with van der Waals surface area (Å²) in [4.78, 5) is 12.9. The zero-order chi connectivity index (χ0) is 23.1. The number of benzene rings is 3. The molecule has 3 aromatic carbocycles. The Labute approximate surface area is 194 Å². The Morgan fingerprint density at radius 1 is 1.03 bits per heavy atom. The van der Waals surface area contributed by atoms with Crippen molar-refractivity contribution < 1.29 is 22.7 Å². The van der Waals surface area contributed by atoms with Gasteiger partial charge in [0, 0.05) is 0 Å². The predicted molar refractivity (Wildman–Crippen MR) is 128 cm³/mol. The highest BCUT2D eigenvalue weighted by Gasteiger charge is 2.39. The Hall–Kier alpha value is -2.68. The molecule has 32 heavy (non-hydrogen) atoms. The van der Waals surface area contributed by atoms with E-state index in [0.717, 1.165) is 16.7 Å². The molecular formula is C24H24FNO4S2. The van der Waals surface area contributed by atoms with E-state index >= 15 is 0 Å². The number of ether oxygens (including phenoxy) is 1. The highest BCUT2D eigenvalue weighted by Crippen LogP contribution is 2.38. The molecule has 0 aliphatic rings. The fourth-order valence-corrected chi connectivity index (χ4v) is 5.35. The maximum atomic E-state index is 13.2. The molecule has 3 unspecified atom stereocenters. The molecule has 0 spiro atoms. The molecule has 0 amide bonds. The normalized spacial score (nSPS) is 13.8. The van der Waals surface area contributed by atoms with Crippen LogP contribution < -0.4 is 4.31 Å². The third-order valence-electron chi connectivity index (χ3n) is 4.92. The Balaban J connectivity index is 2.03. The highest BCUT2D eigenvalue weighted by atomic mass is 32.2. The Bertz CT molecular complexity index is 1050. The third kappa shape index (κ3) is 5.56. The van der Waals surface area contributed by atoms with Crippen LogP contribution >= 0.6 is 11.8 Å². The van der Waals surface area contributed by atoms with Crippen LogP contribution in [0, 0.1) is 5.82 Å². The first kappa shape index (κ1) is 24.0. The van der Waals surface area contributed by atoms with Crippen LogP contribution in [0.5, 0.6) is 0 Å². The molecule has 0 fully saturated rings. The van der Waals surface area contributed by atoms with Crippen LogP contribution in [0.25, 0.3) is 11.1 Å². The maximum absolute atomic E-state index is 13.2. The van der Waals surface area contributed by atoms with Gasteiger partial charge in [0.05, 0.1) is 18.0 Å². The molecule has 0 aliphatic heterocycles. The van der Waals surface area contributed by atoms with Gasteiger partial charge in [0.25, 0.3) is 11.3 Å². The van der Waals surface area contributed by atoms with Gasteiger partial charge in [-0.2, -0.15) is 11.8 Å². The van der Waals surface area contributed by atoms with E-state index in [1.165, 1.54) is 35.3 Å². The van der Waals surface area contributed by atoms with Crippen LogP contribution in [0.1, 0.15) is 17.7 Å². The van der Waals surface area contributed by atoms with Crippen molar-refractivity contribution >= 4 is 34.7 Å². The van der Waals surface area contributed by atoms with Crippen LogP contribution in [0.15, 0.2) is 78.9 Å². The molecule has 8 heteroatoms. The van der Waals surface area contributed by atoms with Gasteiger partial charge in [-0.1, -0.05) is 61.5 Å². The van der Waals surface area contributed by atoms with Crippen molar-refractivity contribution in [1.29, 1.82) is 0 Å². The minimum atomic E-state index is -2.49. The maximum Gasteiger partial charge on any atom is 0.331 e. The first-order valence-electron chi connectivity index (χ1n) is 9.96. The second-order valence-electron chi connectivity index (χ2n) is 6.86. The van der Waals surface area contributed by atoms with Crippen LogP contribution in [0.4, 0.5) is 10.1 Å². The summed E-state index contributed by atoms with van der Waals surface area (Å²) >= 11 is -0.990. The fraction of sp³-hybridized carbons (Fsp3) is 0.208. The van der Waals surface area contributed by atoms with E-state index in [2.05, 4.69) is 0 Å². The number of esters is 1. The molecule has 1 N–H and O–H groups in total. The molecule has 0 radical (unpaired) electrons. The molecule has 3 aromatic rings. The van der Waals surface area contributed by atoms with Gasteiger partial charge in [0.15, 0.2) is 6.04 Å². The number of nitrogens with zero attached hydrogens (tertiary/aromatic N) is 1. The van der Waals surface area contributed by atoms with E-state index in [9.17, 15) is 17.9 Å². The summed E-state index contributed by atoms with van der Waals surface area (Å²) in [5.74, 6) is -0.235. The molecule has 3 rings (SSSR count). The van der Waals surface area contributed by atoms with Crippen molar-refractivity contribution in [2.24, 2.45) is 0 Å². The van der Waals surface area contributed by atoms with Crippen LogP contribution in [0.3, 0.4) is 0 Å². The molecule has 3 atom stereocenters. The van der Waals surface area contributed by atoms with E-state index in [-0.39, 0.29) is 5.82 Å². The number of halogens is 1. The quantitative estimate of drug-likeness (QED) is 0.330. The number of thioether (sulfide) groups is 1. The average molecular weight is 474 g/mol. The number of rotatable bonds is 9. The van der Waals surface area contributed by atoms with Crippen molar-refractivity contribution in [3.63, 3.8) is 0 Å². The van der Waals surface area contributed by atoms with Gasteiger partial charge in [0.1, 0.15) is 5.82 Å². The van der Waals surface area contributed by atoms with Crippen molar-refractivity contribution in [3.8, 4) is 11.1 Å². The Morgan fingerprint density at radius 2 is 1.59 bits per heavy atom. The van der Waals surface area contributed by atoms with E-state index in [1.807, 2.05) is 37.3 Å². The monoisotopic (exact) mass is 473 g/mol. The van der Waals surface area contributed by atoms with Gasteiger partial charge >= 0.3 is 5.97 Å². The zero-order valence-corrected chi connectivity index (χ0v) is 19.3. The molecule has 0 bridgehead atoms. The summed E-state index contributed by atoms with van der Waals surface area (Å²) in [6, 6.07) is 21.3. The SMILES string of the molecule is CCSC(c1ccccc1)C(C(=O)OC)N(c1ccc(-c2ccc(F)cc2)cc1)S(=O)O. The lowest BCUT2D eigenvalue weighted by Gasteiger charge is -2.33. The number of hydrogen-bond donors (Lipinski definition) is 1. The van der Waals surface area contributed by atoms with Gasteiger partial charge in [0.2, 0.25) is 0 Å². The van der Waals surface area contributed by atoms with Crippen molar-refractivity contribution in [1.82, 2.24) is 0 Å². The van der Waals surface area contributed by atoms with Crippen molar-refractivity contribution in [2.45, 2.75) is 18.2 Å². The predicted octanol–water partition coefficient (Wildman–Crippen LogP) is 5.47. The van der Waals surface area contributed by atoms with E-state index in [4.69, 9.17) is 4.74 Å². The van der Waals surface area contributed by atoms with Gasteiger partial charge in [-0.3, -0.25) is 8.86 Å². The van der Waals surface area contributed by atoms with Gasteiger partial charge in [-0.15, -0.1) is 0 Å². The van der Waals surface area contributed by atoms with Crippen LogP contribution in [-0.2, 0) is 20.8 Å². The number of carbonyl (C=O) groups excluding carboxylic acids is 1. The molecule has 168 valence electrons. The van der Waals surface area contributed by atoms with E-state index < -0.39 is 28.5 Å². The topological polar surface area (TPSA) is 66.8 Å². The van der Waals surface area contributed by atoms with Crippen molar-refractivity contribution in [3.05, 3.63) is 90.2 Å². The first-order chi connectivity index (χ1) is 15.5. The lowest BCUT2D eigenvalue weighted by Crippen LogP contribution is -2.46. The molecule has 0 aliphatic carbocycles. The number of anilines is 1. The first-order valence-corrected chi connectivity index (χ1v) is 12.1. The number of carbonyl (C=O) groups is 1. The number of hydrogen-bond acceptors (Lipinski definition) is 4. The minimum absolute atomic E-state index is 0.325. The summed E-state index contributed by atoms with van der Waals surface area (Å²) in [6.07, 6.45) is 0. The molecule has 0 saturated carbocycles. The Morgan fingerprint density at radius 3 is 2.09 bits per heavy atom. The fourth-order valence-electron chi connectivity index (χ4n) is 3.45. The third-order valence-corrected chi connectivity index (χ3v) is 6.92. The summed E-state index contributed by atoms with van der Waals surface area (Å²) in [5, 5.41) is -0.429.